The van der Waals surface area contributed by atoms with Crippen molar-refractivity contribution in [3.05, 3.63) is 16.7 Å². The second kappa shape index (κ2) is 6.19. The molecule has 0 saturated heterocycles. The maximum atomic E-state index is 12.4. The van der Waals surface area contributed by atoms with Gasteiger partial charge in [-0.1, -0.05) is 19.3 Å². The Morgan fingerprint density at radius 3 is 2.68 bits per heavy atom. The molecule has 1 N–H and O–H groups in total. The van der Waals surface area contributed by atoms with Crippen LogP contribution in [0.2, 0.25) is 0 Å². The Morgan fingerprint density at radius 1 is 1.37 bits per heavy atom. The zero-order chi connectivity index (χ0) is 13.9. The molecule has 1 aliphatic rings. The minimum atomic E-state index is -3.59. The van der Waals surface area contributed by atoms with Gasteiger partial charge in [0.2, 0.25) is 15.9 Å². The van der Waals surface area contributed by atoms with E-state index < -0.39 is 10.0 Å². The number of ether oxygens (including phenoxy) is 1. The summed E-state index contributed by atoms with van der Waals surface area (Å²) in [7, 11) is -2.18. The summed E-state index contributed by atoms with van der Waals surface area (Å²) in [6.45, 7) is 0. The van der Waals surface area contributed by atoms with Crippen LogP contribution < -0.4 is 9.46 Å². The summed E-state index contributed by atoms with van der Waals surface area (Å²) in [5.41, 5.74) is 0. The zero-order valence-corrected chi connectivity index (χ0v) is 13.1. The molecule has 0 radical (unpaired) electrons. The molecule has 0 spiro atoms. The largest absolute Gasteiger partial charge is 0.480 e. The second-order valence-electron chi connectivity index (χ2n) is 4.62. The van der Waals surface area contributed by atoms with Crippen molar-refractivity contribution in [3.8, 4) is 5.88 Å². The molecule has 1 aromatic rings. The van der Waals surface area contributed by atoms with E-state index in [2.05, 4.69) is 25.6 Å². The Bertz CT molecular complexity index is 542. The SMILES string of the molecule is COc1ncc(Br)cc1S(=O)(=O)NC1CCCCC1. The lowest BCUT2D eigenvalue weighted by Gasteiger charge is -2.22. The van der Waals surface area contributed by atoms with Gasteiger partial charge in [-0.25, -0.2) is 18.1 Å². The van der Waals surface area contributed by atoms with Gasteiger partial charge in [0, 0.05) is 16.7 Å². The predicted octanol–water partition coefficient (Wildman–Crippen LogP) is 2.46. The van der Waals surface area contributed by atoms with Crippen molar-refractivity contribution in [2.24, 2.45) is 0 Å². The van der Waals surface area contributed by atoms with Gasteiger partial charge in [-0.3, -0.25) is 0 Å². The van der Waals surface area contributed by atoms with Crippen molar-refractivity contribution >= 4 is 26.0 Å². The average molecular weight is 349 g/mol. The monoisotopic (exact) mass is 348 g/mol. The third kappa shape index (κ3) is 3.67. The molecule has 2 rings (SSSR count). The number of nitrogens with one attached hydrogen (secondary N) is 1. The summed E-state index contributed by atoms with van der Waals surface area (Å²) < 4.78 is 33.1. The van der Waals surface area contributed by atoms with Crippen molar-refractivity contribution in [2.75, 3.05) is 7.11 Å². The van der Waals surface area contributed by atoms with E-state index in [-0.39, 0.29) is 16.8 Å². The number of pyridine rings is 1. The molecule has 0 unspecified atom stereocenters. The molecule has 0 bridgehead atoms. The molecular formula is C12H17BrN2O3S. The number of nitrogens with zero attached hydrogens (tertiary/aromatic N) is 1. The molecule has 1 saturated carbocycles. The molecule has 0 aromatic carbocycles. The van der Waals surface area contributed by atoms with Crippen LogP contribution in [0.25, 0.3) is 0 Å². The number of hydrogen-bond acceptors (Lipinski definition) is 4. The van der Waals surface area contributed by atoms with Crippen LogP contribution in [-0.2, 0) is 10.0 Å². The summed E-state index contributed by atoms with van der Waals surface area (Å²) in [5.74, 6) is 0.117. The fraction of sp³-hybridized carbons (Fsp3) is 0.583. The van der Waals surface area contributed by atoms with Gasteiger partial charge in [-0.15, -0.1) is 0 Å². The third-order valence-corrected chi connectivity index (χ3v) is 5.14. The average Bonchev–Trinajstić information content (AvgIpc) is 2.39. The molecule has 5 nitrogen and oxygen atoms in total. The van der Waals surface area contributed by atoms with E-state index in [1.807, 2.05) is 0 Å². The highest BCUT2D eigenvalue weighted by Gasteiger charge is 2.25. The van der Waals surface area contributed by atoms with E-state index in [1.165, 1.54) is 25.8 Å². The maximum absolute atomic E-state index is 12.4. The van der Waals surface area contributed by atoms with Crippen molar-refractivity contribution in [3.63, 3.8) is 0 Å². The molecular weight excluding hydrogens is 332 g/mol. The van der Waals surface area contributed by atoms with Crippen molar-refractivity contribution in [1.82, 2.24) is 9.71 Å². The molecule has 1 aliphatic carbocycles. The van der Waals surface area contributed by atoms with Crippen LogP contribution in [0.15, 0.2) is 21.6 Å². The topological polar surface area (TPSA) is 68.3 Å². The first-order valence-electron chi connectivity index (χ1n) is 6.25. The Labute approximate surface area is 121 Å². The normalized spacial score (nSPS) is 17.4. The summed E-state index contributed by atoms with van der Waals surface area (Å²) in [6.07, 6.45) is 6.62. The second-order valence-corrected chi connectivity index (χ2v) is 7.22. The first kappa shape index (κ1) is 14.7. The molecule has 1 heterocycles. The zero-order valence-electron chi connectivity index (χ0n) is 10.7. The van der Waals surface area contributed by atoms with Crippen LogP contribution >= 0.6 is 15.9 Å². The fourth-order valence-corrected chi connectivity index (χ4v) is 4.19. The molecule has 1 aromatic heterocycles. The van der Waals surface area contributed by atoms with Crippen molar-refractivity contribution < 1.29 is 13.2 Å². The number of methoxy groups -OCH3 is 1. The summed E-state index contributed by atoms with van der Waals surface area (Å²) in [5, 5.41) is 0. The highest BCUT2D eigenvalue weighted by molar-refractivity contribution is 9.10. The van der Waals surface area contributed by atoms with Gasteiger partial charge >= 0.3 is 0 Å². The maximum Gasteiger partial charge on any atom is 0.246 e. The van der Waals surface area contributed by atoms with Crippen molar-refractivity contribution in [1.29, 1.82) is 0 Å². The summed E-state index contributed by atoms with van der Waals surface area (Å²) in [4.78, 5) is 4.05. The summed E-state index contributed by atoms with van der Waals surface area (Å²) in [6, 6.07) is 1.53. The molecule has 0 atom stereocenters. The summed E-state index contributed by atoms with van der Waals surface area (Å²) >= 11 is 3.23. The van der Waals surface area contributed by atoms with Gasteiger partial charge in [-0.2, -0.15) is 0 Å². The Kier molecular flexibility index (Phi) is 4.81. The molecule has 0 amide bonds. The lowest BCUT2D eigenvalue weighted by molar-refractivity contribution is 0.381. The van der Waals surface area contributed by atoms with Gasteiger partial charge in [-0.05, 0) is 34.8 Å². The Morgan fingerprint density at radius 2 is 2.05 bits per heavy atom. The predicted molar refractivity (Wildman–Crippen MR) is 75.7 cm³/mol. The first-order chi connectivity index (χ1) is 9.03. The van der Waals surface area contributed by atoms with Crippen LogP contribution in [0.5, 0.6) is 5.88 Å². The lowest BCUT2D eigenvalue weighted by Crippen LogP contribution is -2.36. The van der Waals surface area contributed by atoms with Crippen LogP contribution in [0.4, 0.5) is 0 Å². The molecule has 19 heavy (non-hydrogen) atoms. The van der Waals surface area contributed by atoms with E-state index in [9.17, 15) is 8.42 Å². The Balaban J connectivity index is 2.25. The highest BCUT2D eigenvalue weighted by atomic mass is 79.9. The number of hydrogen-bond donors (Lipinski definition) is 1. The number of halogens is 1. The number of aromatic nitrogens is 1. The highest BCUT2D eigenvalue weighted by Crippen LogP contribution is 2.26. The van der Waals surface area contributed by atoms with E-state index in [0.717, 1.165) is 25.7 Å². The molecule has 106 valence electrons. The van der Waals surface area contributed by atoms with Crippen LogP contribution in [0, 0.1) is 0 Å². The van der Waals surface area contributed by atoms with Gasteiger partial charge < -0.3 is 4.74 Å². The Hall–Kier alpha value is -0.660. The van der Waals surface area contributed by atoms with E-state index >= 15 is 0 Å². The third-order valence-electron chi connectivity index (χ3n) is 3.19. The first-order valence-corrected chi connectivity index (χ1v) is 8.52. The minimum absolute atomic E-state index is 0.0161. The number of rotatable bonds is 4. The van der Waals surface area contributed by atoms with Crippen molar-refractivity contribution in [2.45, 2.75) is 43.0 Å². The van der Waals surface area contributed by atoms with Crippen LogP contribution in [-0.4, -0.2) is 26.6 Å². The van der Waals surface area contributed by atoms with Crippen LogP contribution in [0.1, 0.15) is 32.1 Å². The quantitative estimate of drug-likeness (QED) is 0.907. The fourth-order valence-electron chi connectivity index (χ4n) is 2.26. The van der Waals surface area contributed by atoms with Gasteiger partial charge in [0.15, 0.2) is 0 Å². The van der Waals surface area contributed by atoms with Gasteiger partial charge in [0.05, 0.1) is 7.11 Å². The minimum Gasteiger partial charge on any atom is -0.480 e. The standard InChI is InChI=1S/C12H17BrN2O3S/c1-18-12-11(7-9(13)8-14-12)19(16,17)15-10-5-3-2-4-6-10/h7-8,10,15H,2-6H2,1H3. The van der Waals surface area contributed by atoms with Gasteiger partial charge in [0.25, 0.3) is 0 Å². The molecule has 1 fully saturated rings. The molecule has 0 aliphatic heterocycles. The van der Waals surface area contributed by atoms with Gasteiger partial charge in [0.1, 0.15) is 4.90 Å². The smallest absolute Gasteiger partial charge is 0.246 e. The van der Waals surface area contributed by atoms with E-state index in [4.69, 9.17) is 4.74 Å². The molecule has 7 heteroatoms. The lowest BCUT2D eigenvalue weighted by atomic mass is 9.96. The van der Waals surface area contributed by atoms with Crippen LogP contribution in [0.3, 0.4) is 0 Å². The van der Waals surface area contributed by atoms with E-state index in [0.29, 0.717) is 4.47 Å². The number of sulfonamides is 1. The van der Waals surface area contributed by atoms with E-state index in [1.54, 1.807) is 0 Å².